The van der Waals surface area contributed by atoms with Crippen LogP contribution in [0.1, 0.15) is 16.8 Å². The molecule has 0 aliphatic heterocycles. The molecule has 2 heterocycles. The first-order valence-electron chi connectivity index (χ1n) is 8.26. The van der Waals surface area contributed by atoms with Crippen LogP contribution < -0.4 is 10.1 Å². The summed E-state index contributed by atoms with van der Waals surface area (Å²) in [6.07, 6.45) is 9.40. The van der Waals surface area contributed by atoms with E-state index in [0.717, 1.165) is 9.32 Å². The van der Waals surface area contributed by atoms with Crippen molar-refractivity contribution in [2.24, 2.45) is 0 Å². The van der Waals surface area contributed by atoms with Gasteiger partial charge < -0.3 is 14.6 Å². The zero-order valence-electron chi connectivity index (χ0n) is 14.1. The van der Waals surface area contributed by atoms with E-state index in [1.165, 1.54) is 0 Å². The lowest BCUT2D eigenvalue weighted by atomic mass is 10.1. The molecule has 6 nitrogen and oxygen atoms in total. The zero-order chi connectivity index (χ0) is 18.2. The van der Waals surface area contributed by atoms with Crippen LogP contribution in [0.5, 0.6) is 5.75 Å². The Kier molecular flexibility index (Phi) is 6.59. The summed E-state index contributed by atoms with van der Waals surface area (Å²) in [6, 6.07) is 11.1. The molecular formula is C19H19IN4O2. The number of nitrogens with one attached hydrogen (secondary N) is 1. The van der Waals surface area contributed by atoms with E-state index >= 15 is 0 Å². The van der Waals surface area contributed by atoms with E-state index in [1.807, 2.05) is 47.2 Å². The smallest absolute Gasteiger partial charge is 0.251 e. The molecule has 0 saturated carbocycles. The number of benzene rings is 1. The topological polar surface area (TPSA) is 69.0 Å². The number of pyridine rings is 1. The highest BCUT2D eigenvalue weighted by atomic mass is 127. The maximum absolute atomic E-state index is 12.5. The van der Waals surface area contributed by atoms with Gasteiger partial charge >= 0.3 is 0 Å². The van der Waals surface area contributed by atoms with Gasteiger partial charge in [0.05, 0.1) is 25.2 Å². The fourth-order valence-electron chi connectivity index (χ4n) is 2.48. The number of nitrogens with zero attached hydrogens (tertiary/aromatic N) is 3. The number of halogens is 1. The van der Waals surface area contributed by atoms with Crippen LogP contribution in [0, 0.1) is 3.57 Å². The van der Waals surface area contributed by atoms with Gasteiger partial charge in [-0.25, -0.2) is 4.98 Å². The number of hydrogen-bond acceptors (Lipinski definition) is 4. The molecule has 7 heteroatoms. The summed E-state index contributed by atoms with van der Waals surface area (Å²) in [5.74, 6) is 0.630. The van der Waals surface area contributed by atoms with E-state index < -0.39 is 0 Å². The number of hydrogen-bond donors (Lipinski definition) is 1. The highest BCUT2D eigenvalue weighted by Crippen LogP contribution is 2.10. The van der Waals surface area contributed by atoms with E-state index in [9.17, 15) is 4.79 Å². The van der Waals surface area contributed by atoms with Gasteiger partial charge in [0.1, 0.15) is 5.75 Å². The first-order chi connectivity index (χ1) is 12.7. The minimum absolute atomic E-state index is 0.0763. The largest absolute Gasteiger partial charge is 0.492 e. The molecule has 0 radical (unpaired) electrons. The van der Waals surface area contributed by atoms with Crippen molar-refractivity contribution in [2.75, 3.05) is 6.61 Å². The van der Waals surface area contributed by atoms with Crippen LogP contribution >= 0.6 is 22.6 Å². The van der Waals surface area contributed by atoms with Gasteiger partial charge in [0, 0.05) is 40.7 Å². The normalized spacial score (nSPS) is 11.7. The van der Waals surface area contributed by atoms with Crippen LogP contribution in [-0.4, -0.2) is 33.1 Å². The fourth-order valence-corrected chi connectivity index (χ4v) is 2.84. The summed E-state index contributed by atoms with van der Waals surface area (Å²) < 4.78 is 8.76. The Morgan fingerprint density at radius 2 is 2.04 bits per heavy atom. The second-order valence-corrected chi connectivity index (χ2v) is 7.01. The molecule has 3 rings (SSSR count). The molecule has 1 aromatic carbocycles. The first-order valence-corrected chi connectivity index (χ1v) is 9.33. The Labute approximate surface area is 165 Å². The van der Waals surface area contributed by atoms with Crippen LogP contribution in [0.15, 0.2) is 67.5 Å². The van der Waals surface area contributed by atoms with Crippen molar-refractivity contribution >= 4 is 28.5 Å². The number of carbonyl (C=O) groups is 1. The predicted octanol–water partition coefficient (Wildman–Crippen LogP) is 3.15. The Morgan fingerprint density at radius 1 is 1.19 bits per heavy atom. The summed E-state index contributed by atoms with van der Waals surface area (Å²) in [6.45, 7) is 1.12. The molecule has 0 aliphatic rings. The van der Waals surface area contributed by atoms with Crippen molar-refractivity contribution in [3.8, 4) is 5.75 Å². The van der Waals surface area contributed by atoms with Gasteiger partial charge in [0.25, 0.3) is 5.91 Å². The maximum Gasteiger partial charge on any atom is 0.251 e. The standard InChI is InChI=1S/C19H19IN4O2/c20-16-5-3-15(4-6-16)19(25)23-17(13-24-10-9-22-14-24)7-11-26-18-2-1-8-21-12-18/h1-6,8-10,12,14,17H,7,11,13H2,(H,23,25). The lowest BCUT2D eigenvalue weighted by molar-refractivity contribution is 0.0926. The van der Waals surface area contributed by atoms with Crippen LogP contribution in [0.2, 0.25) is 0 Å². The third kappa shape index (κ3) is 5.55. The number of ether oxygens (including phenoxy) is 1. The molecule has 0 aliphatic carbocycles. The van der Waals surface area contributed by atoms with Crippen molar-refractivity contribution in [2.45, 2.75) is 19.0 Å². The molecule has 1 atom stereocenters. The van der Waals surface area contributed by atoms with Gasteiger partial charge in [-0.1, -0.05) is 0 Å². The monoisotopic (exact) mass is 462 g/mol. The van der Waals surface area contributed by atoms with Crippen LogP contribution in [-0.2, 0) is 6.54 Å². The lowest BCUT2D eigenvalue weighted by Gasteiger charge is -2.19. The van der Waals surface area contributed by atoms with Crippen molar-refractivity contribution in [3.63, 3.8) is 0 Å². The summed E-state index contributed by atoms with van der Waals surface area (Å²) in [7, 11) is 0. The first kappa shape index (κ1) is 18.4. The molecule has 0 fully saturated rings. The van der Waals surface area contributed by atoms with E-state index in [4.69, 9.17) is 4.74 Å². The lowest BCUT2D eigenvalue weighted by Crippen LogP contribution is -2.39. The van der Waals surface area contributed by atoms with Crippen LogP contribution in [0.4, 0.5) is 0 Å². The maximum atomic E-state index is 12.5. The molecule has 1 amide bonds. The van der Waals surface area contributed by atoms with Crippen molar-refractivity contribution in [1.82, 2.24) is 19.9 Å². The molecule has 1 N–H and O–H groups in total. The Morgan fingerprint density at radius 3 is 2.73 bits per heavy atom. The highest BCUT2D eigenvalue weighted by molar-refractivity contribution is 14.1. The van der Waals surface area contributed by atoms with Crippen molar-refractivity contribution in [3.05, 3.63) is 76.6 Å². The summed E-state index contributed by atoms with van der Waals surface area (Å²) in [4.78, 5) is 20.6. The average molecular weight is 462 g/mol. The number of aromatic nitrogens is 3. The van der Waals surface area contributed by atoms with Gasteiger partial charge in [-0.3, -0.25) is 9.78 Å². The van der Waals surface area contributed by atoms with Gasteiger partial charge in [0.2, 0.25) is 0 Å². The third-order valence-corrected chi connectivity index (χ3v) is 4.52. The zero-order valence-corrected chi connectivity index (χ0v) is 16.2. The number of rotatable bonds is 8. The second-order valence-electron chi connectivity index (χ2n) is 5.76. The van der Waals surface area contributed by atoms with Crippen molar-refractivity contribution < 1.29 is 9.53 Å². The third-order valence-electron chi connectivity index (χ3n) is 3.80. The van der Waals surface area contributed by atoms with Gasteiger partial charge in [-0.05, 0) is 59.0 Å². The van der Waals surface area contributed by atoms with Crippen LogP contribution in [0.25, 0.3) is 0 Å². The van der Waals surface area contributed by atoms with Crippen molar-refractivity contribution in [1.29, 1.82) is 0 Å². The second kappa shape index (κ2) is 9.33. The molecule has 26 heavy (non-hydrogen) atoms. The minimum atomic E-state index is -0.0899. The minimum Gasteiger partial charge on any atom is -0.492 e. The summed E-state index contributed by atoms with van der Waals surface area (Å²) in [5, 5.41) is 3.09. The van der Waals surface area contributed by atoms with E-state index in [2.05, 4.69) is 37.9 Å². The molecule has 134 valence electrons. The molecule has 0 saturated heterocycles. The van der Waals surface area contributed by atoms with Gasteiger partial charge in [-0.15, -0.1) is 0 Å². The van der Waals surface area contributed by atoms with E-state index in [-0.39, 0.29) is 11.9 Å². The summed E-state index contributed by atoms with van der Waals surface area (Å²) in [5.41, 5.74) is 0.647. The molecule has 0 bridgehead atoms. The quantitative estimate of drug-likeness (QED) is 0.523. The molecule has 2 aromatic heterocycles. The Bertz CT molecular complexity index is 807. The molecular weight excluding hydrogens is 443 g/mol. The van der Waals surface area contributed by atoms with E-state index in [0.29, 0.717) is 25.1 Å². The molecule has 0 spiro atoms. The van der Waals surface area contributed by atoms with Gasteiger partial charge in [0.15, 0.2) is 0 Å². The molecule has 1 unspecified atom stereocenters. The SMILES string of the molecule is O=C(NC(CCOc1cccnc1)Cn1ccnc1)c1ccc(I)cc1. The van der Waals surface area contributed by atoms with Gasteiger partial charge in [-0.2, -0.15) is 0 Å². The highest BCUT2D eigenvalue weighted by Gasteiger charge is 2.15. The number of amides is 1. The van der Waals surface area contributed by atoms with Crippen LogP contribution in [0.3, 0.4) is 0 Å². The number of imidazole rings is 1. The average Bonchev–Trinajstić information content (AvgIpc) is 3.16. The fraction of sp³-hybridized carbons (Fsp3) is 0.211. The van der Waals surface area contributed by atoms with E-state index in [1.54, 1.807) is 24.9 Å². The number of carbonyl (C=O) groups excluding carboxylic acids is 1. The predicted molar refractivity (Wildman–Crippen MR) is 107 cm³/mol. The Hall–Kier alpha value is -2.42. The summed E-state index contributed by atoms with van der Waals surface area (Å²) >= 11 is 2.22. The molecule has 3 aromatic rings. The Balaban J connectivity index is 1.60.